The van der Waals surface area contributed by atoms with Crippen LogP contribution in [0, 0.1) is 6.92 Å². The Labute approximate surface area is 219 Å². The van der Waals surface area contributed by atoms with E-state index < -0.39 is 0 Å². The number of carbonyl (C=O) groups is 3. The first kappa shape index (κ1) is 24.8. The summed E-state index contributed by atoms with van der Waals surface area (Å²) in [6.07, 6.45) is 1.65. The highest BCUT2D eigenvalue weighted by Crippen LogP contribution is 2.31. The Morgan fingerprint density at radius 2 is 1.86 bits per heavy atom. The van der Waals surface area contributed by atoms with Crippen LogP contribution in [-0.4, -0.2) is 48.5 Å². The van der Waals surface area contributed by atoms with Crippen LogP contribution in [0.2, 0.25) is 5.02 Å². The van der Waals surface area contributed by atoms with Gasteiger partial charge in [-0.15, -0.1) is 0 Å². The van der Waals surface area contributed by atoms with E-state index in [9.17, 15) is 14.4 Å². The second kappa shape index (κ2) is 10.6. The average Bonchev–Trinajstić information content (AvgIpc) is 3.47. The van der Waals surface area contributed by atoms with Gasteiger partial charge in [-0.3, -0.25) is 19.3 Å². The maximum atomic E-state index is 12.9. The topological polar surface area (TPSA) is 94.2 Å². The highest BCUT2D eigenvalue weighted by Gasteiger charge is 2.37. The van der Waals surface area contributed by atoms with E-state index in [1.165, 1.54) is 4.90 Å². The molecule has 3 amide bonds. The number of nitrogens with zero attached hydrogens (tertiary/aromatic N) is 1. The van der Waals surface area contributed by atoms with Crippen molar-refractivity contribution in [2.75, 3.05) is 25.1 Å². The van der Waals surface area contributed by atoms with Crippen molar-refractivity contribution in [3.8, 4) is 17.2 Å². The first-order chi connectivity index (χ1) is 17.9. The molecule has 1 N–H and O–H groups in total. The van der Waals surface area contributed by atoms with Crippen molar-refractivity contribution in [1.29, 1.82) is 0 Å². The predicted molar refractivity (Wildman–Crippen MR) is 138 cm³/mol. The van der Waals surface area contributed by atoms with Crippen molar-refractivity contribution < 1.29 is 28.6 Å². The fraction of sp³-hybridized carbons (Fsp3) is 0.250. The second-order valence-corrected chi connectivity index (χ2v) is 9.38. The molecule has 2 aliphatic rings. The lowest BCUT2D eigenvalue weighted by Crippen LogP contribution is -2.36. The fourth-order valence-electron chi connectivity index (χ4n) is 4.38. The van der Waals surface area contributed by atoms with Crippen molar-refractivity contribution in [3.05, 3.63) is 82.4 Å². The molecule has 3 aromatic carbocycles. The maximum absolute atomic E-state index is 12.9. The third kappa shape index (κ3) is 5.60. The van der Waals surface area contributed by atoms with Crippen molar-refractivity contribution >= 4 is 35.0 Å². The standard InChI is InChI=1S/C28H25ClN2O6/c1-17-12-18(29)7-10-25(17)36-16-26(32)30-19-4-2-5-20(13-19)37-21-8-9-23-24(14-21)28(34)31(27(23)33)15-22-6-3-11-35-22/h2,4-5,7-10,12-14,22H,3,6,11,15-16H2,1H3,(H,30,32). The number of nitrogens with one attached hydrogen (secondary N) is 1. The van der Waals surface area contributed by atoms with Gasteiger partial charge in [0.25, 0.3) is 17.7 Å². The van der Waals surface area contributed by atoms with Crippen LogP contribution in [0.25, 0.3) is 0 Å². The van der Waals surface area contributed by atoms with E-state index >= 15 is 0 Å². The smallest absolute Gasteiger partial charge is 0.262 e. The number of carbonyl (C=O) groups excluding carboxylic acids is 3. The Kier molecular flexibility index (Phi) is 7.12. The quantitative estimate of drug-likeness (QED) is 0.409. The number of ether oxygens (including phenoxy) is 3. The summed E-state index contributed by atoms with van der Waals surface area (Å²) in [6.45, 7) is 2.59. The molecule has 1 saturated heterocycles. The first-order valence-corrected chi connectivity index (χ1v) is 12.3. The molecule has 2 aliphatic heterocycles. The highest BCUT2D eigenvalue weighted by molar-refractivity contribution is 6.30. The molecular weight excluding hydrogens is 496 g/mol. The van der Waals surface area contributed by atoms with E-state index in [-0.39, 0.29) is 37.0 Å². The lowest BCUT2D eigenvalue weighted by atomic mass is 10.1. The SMILES string of the molecule is Cc1cc(Cl)ccc1OCC(=O)Nc1cccc(Oc2ccc3c(c2)C(=O)N(CC2CCCO2)C3=O)c1. The van der Waals surface area contributed by atoms with Gasteiger partial charge in [-0.25, -0.2) is 0 Å². The van der Waals surface area contributed by atoms with Crippen LogP contribution in [0.5, 0.6) is 17.2 Å². The van der Waals surface area contributed by atoms with Crippen LogP contribution in [0.4, 0.5) is 5.69 Å². The Morgan fingerprint density at radius 1 is 1.05 bits per heavy atom. The molecule has 1 fully saturated rings. The summed E-state index contributed by atoms with van der Waals surface area (Å²) in [5.41, 5.74) is 2.01. The fourth-order valence-corrected chi connectivity index (χ4v) is 4.61. The second-order valence-electron chi connectivity index (χ2n) is 8.94. The molecule has 0 aliphatic carbocycles. The molecule has 0 radical (unpaired) electrons. The molecule has 3 aromatic rings. The van der Waals surface area contributed by atoms with Crippen LogP contribution in [0.3, 0.4) is 0 Å². The van der Waals surface area contributed by atoms with Crippen molar-refractivity contribution in [2.45, 2.75) is 25.9 Å². The minimum absolute atomic E-state index is 0.114. The zero-order valence-corrected chi connectivity index (χ0v) is 20.9. The molecule has 0 saturated carbocycles. The van der Waals surface area contributed by atoms with Crippen LogP contribution in [-0.2, 0) is 9.53 Å². The molecule has 0 spiro atoms. The molecule has 8 nitrogen and oxygen atoms in total. The predicted octanol–water partition coefficient (Wildman–Crippen LogP) is 5.23. The molecule has 1 unspecified atom stereocenters. The molecule has 190 valence electrons. The largest absolute Gasteiger partial charge is 0.483 e. The van der Waals surface area contributed by atoms with Gasteiger partial charge in [-0.2, -0.15) is 0 Å². The van der Waals surface area contributed by atoms with Gasteiger partial charge in [0.15, 0.2) is 6.61 Å². The van der Waals surface area contributed by atoms with E-state index in [1.807, 2.05) is 6.92 Å². The highest BCUT2D eigenvalue weighted by atomic mass is 35.5. The third-order valence-electron chi connectivity index (χ3n) is 6.20. The molecule has 0 bridgehead atoms. The van der Waals surface area contributed by atoms with E-state index in [0.29, 0.717) is 45.7 Å². The Bertz CT molecular complexity index is 1370. The molecule has 5 rings (SSSR count). The molecule has 37 heavy (non-hydrogen) atoms. The number of benzene rings is 3. The maximum Gasteiger partial charge on any atom is 0.262 e. The summed E-state index contributed by atoms with van der Waals surface area (Å²) in [5.74, 6) is 0.444. The zero-order chi connectivity index (χ0) is 25.9. The van der Waals surface area contributed by atoms with Gasteiger partial charge in [0, 0.05) is 23.4 Å². The van der Waals surface area contributed by atoms with Gasteiger partial charge >= 0.3 is 0 Å². The molecule has 0 aromatic heterocycles. The summed E-state index contributed by atoms with van der Waals surface area (Å²) in [5, 5.41) is 3.38. The Morgan fingerprint density at radius 3 is 2.65 bits per heavy atom. The van der Waals surface area contributed by atoms with Crippen molar-refractivity contribution in [1.82, 2.24) is 4.90 Å². The minimum Gasteiger partial charge on any atom is -0.483 e. The summed E-state index contributed by atoms with van der Waals surface area (Å²) in [4.78, 5) is 39.3. The molecular formula is C28H25ClN2O6. The number of rotatable bonds is 8. The van der Waals surface area contributed by atoms with Crippen LogP contribution in [0.1, 0.15) is 39.1 Å². The third-order valence-corrected chi connectivity index (χ3v) is 6.44. The number of hydrogen-bond donors (Lipinski definition) is 1. The van der Waals surface area contributed by atoms with Crippen LogP contribution >= 0.6 is 11.6 Å². The van der Waals surface area contributed by atoms with E-state index in [1.54, 1.807) is 60.7 Å². The number of imide groups is 1. The summed E-state index contributed by atoms with van der Waals surface area (Å²) in [6, 6.07) is 16.9. The van der Waals surface area contributed by atoms with Crippen LogP contribution in [0.15, 0.2) is 60.7 Å². The van der Waals surface area contributed by atoms with E-state index in [0.717, 1.165) is 18.4 Å². The number of halogens is 1. The van der Waals surface area contributed by atoms with Gasteiger partial charge < -0.3 is 19.5 Å². The van der Waals surface area contributed by atoms with Gasteiger partial charge in [0.1, 0.15) is 17.2 Å². The van der Waals surface area contributed by atoms with Gasteiger partial charge in [0.05, 0.1) is 23.8 Å². The normalized spacial score (nSPS) is 16.6. The Balaban J connectivity index is 1.21. The number of aryl methyl sites for hydroxylation is 1. The average molecular weight is 521 g/mol. The number of fused-ring (bicyclic) bond motifs is 1. The molecule has 2 heterocycles. The van der Waals surface area contributed by atoms with Crippen molar-refractivity contribution in [3.63, 3.8) is 0 Å². The first-order valence-electron chi connectivity index (χ1n) is 12.0. The monoisotopic (exact) mass is 520 g/mol. The number of hydrogen-bond acceptors (Lipinski definition) is 6. The summed E-state index contributed by atoms with van der Waals surface area (Å²) in [7, 11) is 0. The zero-order valence-electron chi connectivity index (χ0n) is 20.2. The summed E-state index contributed by atoms with van der Waals surface area (Å²) < 4.78 is 17.1. The number of anilines is 1. The van der Waals surface area contributed by atoms with Gasteiger partial charge in [-0.05, 0) is 73.9 Å². The number of amides is 3. The van der Waals surface area contributed by atoms with Gasteiger partial charge in [0.2, 0.25) is 0 Å². The van der Waals surface area contributed by atoms with Crippen molar-refractivity contribution in [2.24, 2.45) is 0 Å². The van der Waals surface area contributed by atoms with E-state index in [2.05, 4.69) is 5.32 Å². The van der Waals surface area contributed by atoms with Crippen LogP contribution < -0.4 is 14.8 Å². The van der Waals surface area contributed by atoms with E-state index in [4.69, 9.17) is 25.8 Å². The molecule has 9 heteroatoms. The Hall–Kier alpha value is -3.88. The lowest BCUT2D eigenvalue weighted by molar-refractivity contribution is -0.118. The summed E-state index contributed by atoms with van der Waals surface area (Å²) >= 11 is 5.95. The minimum atomic E-state index is -0.349. The molecule has 1 atom stereocenters. The lowest BCUT2D eigenvalue weighted by Gasteiger charge is -2.17. The van der Waals surface area contributed by atoms with Gasteiger partial charge in [-0.1, -0.05) is 17.7 Å².